The summed E-state index contributed by atoms with van der Waals surface area (Å²) in [7, 11) is -4.33. The van der Waals surface area contributed by atoms with Gasteiger partial charge >= 0.3 is 46.9 Å². The van der Waals surface area contributed by atoms with Gasteiger partial charge in [0.2, 0.25) is 0 Å². The maximum absolute atomic E-state index is 8.35. The zero-order valence-corrected chi connectivity index (χ0v) is 13.9. The molecule has 0 rings (SSSR count). The molecular weight excluding hydrogens is 318 g/mol. The van der Waals surface area contributed by atoms with Gasteiger partial charge in [-0.1, -0.05) is 0 Å². The molecule has 0 amide bonds. The van der Waals surface area contributed by atoms with Gasteiger partial charge in [0, 0.05) is 0 Å². The van der Waals surface area contributed by atoms with Gasteiger partial charge in [-0.3, -0.25) is 18.3 Å². The van der Waals surface area contributed by atoms with E-state index in [2.05, 4.69) is 0 Å². The van der Waals surface area contributed by atoms with Crippen LogP contribution in [0.1, 0.15) is 0 Å². The molecule has 0 saturated carbocycles. The Kier molecular flexibility index (Phi) is 303. The average molecular weight is 320 g/mol. The molecule has 0 heterocycles. The van der Waals surface area contributed by atoms with Gasteiger partial charge in [-0.05, 0) is 0 Å². The van der Waals surface area contributed by atoms with Gasteiger partial charge in [-0.2, -0.15) is 0 Å². The molecule has 0 aromatic carbocycles. The fourth-order valence-corrected chi connectivity index (χ4v) is 0. The van der Waals surface area contributed by atoms with Crippen LogP contribution in [0.5, 0.6) is 0 Å². The van der Waals surface area contributed by atoms with E-state index < -0.39 is 34.7 Å². The third kappa shape index (κ3) is 988. The second kappa shape index (κ2) is 104. The summed E-state index contributed by atoms with van der Waals surface area (Å²) < 4.78 is 33.4. The molecule has 0 aliphatic rings. The Labute approximate surface area is 124 Å². The van der Waals surface area contributed by atoms with Crippen molar-refractivity contribution in [3.05, 3.63) is 0 Å². The standard InChI is InChI=1S/Al.Na.4HO2P.H2O/c;;4*1-3-2;/h;;4*(H,1,2);1H2/q+3;+1;;;;;/p-4. The molecule has 15 heteroatoms. The van der Waals surface area contributed by atoms with Crippen LogP contribution in [0.4, 0.5) is 0 Å². The minimum atomic E-state index is -1.08. The van der Waals surface area contributed by atoms with Gasteiger partial charge in [0.1, 0.15) is 0 Å². The second-order valence-corrected chi connectivity index (χ2v) is 0.894. The summed E-state index contributed by atoms with van der Waals surface area (Å²) >= 11 is 0. The fourth-order valence-electron chi connectivity index (χ4n) is 0. The summed E-state index contributed by atoms with van der Waals surface area (Å²) in [6.45, 7) is 0. The molecule has 9 nitrogen and oxygen atoms in total. The summed E-state index contributed by atoms with van der Waals surface area (Å²) in [5.41, 5.74) is 0. The molecule has 0 aromatic rings. The molecule has 0 bridgehead atoms. The maximum Gasteiger partial charge on any atom is 3.00 e. The second-order valence-electron chi connectivity index (χ2n) is 0.298. The molecule has 80 valence electrons. The van der Waals surface area contributed by atoms with Crippen LogP contribution in [-0.4, -0.2) is 22.8 Å². The largest absolute Gasteiger partial charge is 3.00 e. The van der Waals surface area contributed by atoms with Crippen molar-refractivity contribution in [1.82, 2.24) is 0 Å². The van der Waals surface area contributed by atoms with Crippen molar-refractivity contribution in [2.24, 2.45) is 0 Å². The molecular formula is H2AlNaO9P4. The monoisotopic (exact) mass is 320 g/mol. The summed E-state index contributed by atoms with van der Waals surface area (Å²) in [5, 5.41) is 0. The third-order valence-electron chi connectivity index (χ3n) is 0. The van der Waals surface area contributed by atoms with E-state index in [0.29, 0.717) is 0 Å². The molecule has 0 aliphatic heterocycles. The molecule has 0 unspecified atom stereocenters. The Balaban J connectivity index is -0.0000000107. The Morgan fingerprint density at radius 3 is 0.600 bits per heavy atom. The first kappa shape index (κ1) is 43.7. The van der Waals surface area contributed by atoms with E-state index in [1.165, 1.54) is 0 Å². The first-order chi connectivity index (χ1) is 5.66. The quantitative estimate of drug-likeness (QED) is 0.311. The molecule has 0 aliphatic carbocycles. The molecule has 0 atom stereocenters. The van der Waals surface area contributed by atoms with Gasteiger partial charge in [-0.15, -0.1) is 0 Å². The van der Waals surface area contributed by atoms with E-state index in [1.54, 1.807) is 0 Å². The first-order valence-corrected chi connectivity index (χ1v) is 4.38. The minimum Gasteiger partial charge on any atom is -0.772 e. The van der Waals surface area contributed by atoms with Crippen LogP contribution in [0.2, 0.25) is 0 Å². The Bertz CT molecular complexity index is 76.1. The Morgan fingerprint density at radius 2 is 0.600 bits per heavy atom. The van der Waals surface area contributed by atoms with Crippen LogP contribution in [0.3, 0.4) is 0 Å². The SMILES string of the molecule is O.O=P[O-].O=P[O-].O=P[O-].O=P[O-].[Al+3].[Na+]. The van der Waals surface area contributed by atoms with Crippen molar-refractivity contribution in [3.63, 3.8) is 0 Å². The van der Waals surface area contributed by atoms with Crippen molar-refractivity contribution in [1.29, 1.82) is 0 Å². The summed E-state index contributed by atoms with van der Waals surface area (Å²) in [5.74, 6) is 0. The van der Waals surface area contributed by atoms with E-state index >= 15 is 0 Å². The first-order valence-electron chi connectivity index (χ1n) is 1.46. The number of hydrogen-bond acceptors (Lipinski definition) is 8. The topological polar surface area (TPSA) is 192 Å². The van der Waals surface area contributed by atoms with E-state index in [1.807, 2.05) is 0 Å². The maximum atomic E-state index is 8.35. The van der Waals surface area contributed by atoms with Crippen LogP contribution in [0, 0.1) is 0 Å². The van der Waals surface area contributed by atoms with E-state index in [0.717, 1.165) is 0 Å². The van der Waals surface area contributed by atoms with Crippen molar-refractivity contribution in [3.8, 4) is 0 Å². The smallest absolute Gasteiger partial charge is 0.772 e. The molecule has 0 radical (unpaired) electrons. The third-order valence-corrected chi connectivity index (χ3v) is 0. The molecule has 0 saturated heterocycles. The summed E-state index contributed by atoms with van der Waals surface area (Å²) in [6, 6.07) is 0. The van der Waals surface area contributed by atoms with Gasteiger partial charge in [0.15, 0.2) is 0 Å². The average Bonchev–Trinajstić information content (AvgIpc) is 1.92. The number of rotatable bonds is 0. The predicted molar refractivity (Wildman–Crippen MR) is 39.8 cm³/mol. The van der Waals surface area contributed by atoms with E-state index in [9.17, 15) is 0 Å². The summed E-state index contributed by atoms with van der Waals surface area (Å²) in [4.78, 5) is 33.4. The van der Waals surface area contributed by atoms with Crippen LogP contribution in [0.25, 0.3) is 0 Å². The van der Waals surface area contributed by atoms with Crippen molar-refractivity contribution in [2.75, 3.05) is 0 Å². The van der Waals surface area contributed by atoms with Crippen LogP contribution in [0.15, 0.2) is 0 Å². The van der Waals surface area contributed by atoms with Crippen molar-refractivity contribution in [2.45, 2.75) is 0 Å². The molecule has 0 spiro atoms. The number of hydrogen-bond donors (Lipinski definition) is 0. The van der Waals surface area contributed by atoms with E-state index in [4.69, 9.17) is 37.8 Å². The molecule has 15 heavy (non-hydrogen) atoms. The van der Waals surface area contributed by atoms with Crippen LogP contribution >= 0.6 is 34.7 Å². The summed E-state index contributed by atoms with van der Waals surface area (Å²) in [6.07, 6.45) is 0. The molecule has 2 N–H and O–H groups in total. The molecule has 0 aromatic heterocycles. The van der Waals surface area contributed by atoms with Gasteiger partial charge in [0.05, 0.1) is 34.7 Å². The normalized spacial score (nSPS) is 5.60. The van der Waals surface area contributed by atoms with Crippen LogP contribution < -0.4 is 49.1 Å². The zero-order valence-electron chi connectivity index (χ0n) is 7.13. The Morgan fingerprint density at radius 1 is 0.600 bits per heavy atom. The van der Waals surface area contributed by atoms with Crippen LogP contribution in [-0.2, 0) is 18.3 Å². The van der Waals surface area contributed by atoms with Gasteiger partial charge in [-0.25, -0.2) is 0 Å². The van der Waals surface area contributed by atoms with Crippen molar-refractivity contribution >= 4 is 52.1 Å². The minimum absolute atomic E-state index is 0. The van der Waals surface area contributed by atoms with Crippen molar-refractivity contribution < 1.29 is 72.9 Å². The zero-order chi connectivity index (χ0) is 10.8. The molecule has 0 fully saturated rings. The van der Waals surface area contributed by atoms with Gasteiger partial charge in [0.25, 0.3) is 0 Å². The fraction of sp³-hybridized carbons (Fsp3) is 0. The Hall–Kier alpha value is 1.73. The van der Waals surface area contributed by atoms with Gasteiger partial charge < -0.3 is 25.0 Å². The van der Waals surface area contributed by atoms with E-state index in [-0.39, 0.29) is 52.4 Å². The predicted octanol–water partition coefficient (Wildman–Crippen LogP) is -5.99.